The Bertz CT molecular complexity index is 915. The first kappa shape index (κ1) is 20.1. The molecule has 0 saturated carbocycles. The summed E-state index contributed by atoms with van der Waals surface area (Å²) >= 11 is 1.54. The highest BCUT2D eigenvalue weighted by molar-refractivity contribution is 7.12. The Morgan fingerprint density at radius 2 is 2.04 bits per heavy atom. The van der Waals surface area contributed by atoms with Crippen molar-refractivity contribution in [3.8, 4) is 22.1 Å². The molecule has 148 valence electrons. The summed E-state index contributed by atoms with van der Waals surface area (Å²) in [6.45, 7) is 7.07. The summed E-state index contributed by atoms with van der Waals surface area (Å²) in [5, 5.41) is 7.35. The number of benzene rings is 1. The summed E-state index contributed by atoms with van der Waals surface area (Å²) in [5.74, 6) is 1.35. The maximum Gasteiger partial charge on any atom is 0.214 e. The average molecular weight is 399 g/mol. The number of nitrogens with zero attached hydrogens (tertiary/aromatic N) is 4. The quantitative estimate of drug-likeness (QED) is 0.495. The second kappa shape index (κ2) is 9.01. The molecular formula is C21H26N4O2S. The Morgan fingerprint density at radius 1 is 1.29 bits per heavy atom. The predicted molar refractivity (Wildman–Crippen MR) is 113 cm³/mol. The topological polar surface area (TPSA) is 60.2 Å². The maximum absolute atomic E-state index is 11.6. The van der Waals surface area contributed by atoms with Crippen LogP contribution in [0.1, 0.15) is 32.9 Å². The van der Waals surface area contributed by atoms with Crippen LogP contribution in [0.5, 0.6) is 5.75 Å². The van der Waals surface area contributed by atoms with Gasteiger partial charge in [0.15, 0.2) is 0 Å². The Kier molecular flexibility index (Phi) is 6.46. The third-order valence-electron chi connectivity index (χ3n) is 4.62. The van der Waals surface area contributed by atoms with Crippen LogP contribution in [0.25, 0.3) is 16.4 Å². The van der Waals surface area contributed by atoms with Crippen molar-refractivity contribution in [3.63, 3.8) is 0 Å². The van der Waals surface area contributed by atoms with E-state index in [9.17, 15) is 4.79 Å². The summed E-state index contributed by atoms with van der Waals surface area (Å²) in [6.07, 6.45) is 4.38. The SMILES string of the molecule is CCc1c(N(C=O)CCC(C)C)cnn1-c1nc(-c2ccc(OC)cc2)cs1. The Hall–Kier alpha value is -2.67. The first-order chi connectivity index (χ1) is 13.6. The zero-order valence-electron chi connectivity index (χ0n) is 16.8. The lowest BCUT2D eigenvalue weighted by Crippen LogP contribution is -2.24. The number of amides is 1. The Balaban J connectivity index is 1.88. The van der Waals surface area contributed by atoms with Crippen LogP contribution in [0.4, 0.5) is 5.69 Å². The Morgan fingerprint density at radius 3 is 2.64 bits per heavy atom. The molecule has 6 nitrogen and oxygen atoms in total. The summed E-state index contributed by atoms with van der Waals surface area (Å²) < 4.78 is 7.06. The number of methoxy groups -OCH3 is 1. The van der Waals surface area contributed by atoms with Gasteiger partial charge in [-0.25, -0.2) is 9.67 Å². The number of carbonyl (C=O) groups is 1. The number of aromatic nitrogens is 3. The molecule has 0 unspecified atom stereocenters. The number of anilines is 1. The second-order valence-electron chi connectivity index (χ2n) is 6.97. The molecule has 7 heteroatoms. The van der Waals surface area contributed by atoms with E-state index >= 15 is 0 Å². The van der Waals surface area contributed by atoms with Crippen LogP contribution in [-0.4, -0.2) is 34.8 Å². The van der Waals surface area contributed by atoms with E-state index < -0.39 is 0 Å². The standard InChI is InChI=1S/C21H26N4O2S/c1-5-19-20(24(14-26)11-10-15(2)3)12-22-25(19)21-23-18(13-28-21)16-6-8-17(27-4)9-7-16/h6-9,12-15H,5,10-11H2,1-4H3. The first-order valence-corrected chi connectivity index (χ1v) is 10.3. The third kappa shape index (κ3) is 4.25. The van der Waals surface area contributed by atoms with Gasteiger partial charge in [0.1, 0.15) is 5.75 Å². The highest BCUT2D eigenvalue weighted by Gasteiger charge is 2.18. The molecule has 0 aliphatic heterocycles. The van der Waals surface area contributed by atoms with E-state index in [1.54, 1.807) is 18.2 Å². The van der Waals surface area contributed by atoms with Gasteiger partial charge in [0.05, 0.1) is 30.4 Å². The molecule has 0 aliphatic rings. The van der Waals surface area contributed by atoms with Gasteiger partial charge >= 0.3 is 0 Å². The van der Waals surface area contributed by atoms with Gasteiger partial charge in [-0.05, 0) is 43.0 Å². The lowest BCUT2D eigenvalue weighted by molar-refractivity contribution is -0.107. The van der Waals surface area contributed by atoms with Crippen LogP contribution in [0.2, 0.25) is 0 Å². The zero-order chi connectivity index (χ0) is 20.1. The molecule has 0 saturated heterocycles. The number of hydrogen-bond donors (Lipinski definition) is 0. The van der Waals surface area contributed by atoms with Gasteiger partial charge in [0.2, 0.25) is 11.5 Å². The molecule has 3 aromatic rings. The van der Waals surface area contributed by atoms with Crippen molar-refractivity contribution in [3.05, 3.63) is 41.5 Å². The molecule has 0 radical (unpaired) electrons. The molecule has 0 atom stereocenters. The van der Waals surface area contributed by atoms with Crippen molar-refractivity contribution in [2.45, 2.75) is 33.6 Å². The van der Waals surface area contributed by atoms with Crippen molar-refractivity contribution < 1.29 is 9.53 Å². The van der Waals surface area contributed by atoms with Crippen molar-refractivity contribution in [2.75, 3.05) is 18.6 Å². The molecule has 3 rings (SSSR count). The van der Waals surface area contributed by atoms with E-state index in [-0.39, 0.29) is 0 Å². The van der Waals surface area contributed by atoms with Crippen molar-refractivity contribution in [1.29, 1.82) is 0 Å². The summed E-state index contributed by atoms with van der Waals surface area (Å²) in [4.78, 5) is 18.1. The highest BCUT2D eigenvalue weighted by Crippen LogP contribution is 2.29. The monoisotopic (exact) mass is 398 g/mol. The minimum Gasteiger partial charge on any atom is -0.497 e. The normalized spacial score (nSPS) is 11.0. The van der Waals surface area contributed by atoms with Gasteiger partial charge in [-0.3, -0.25) is 4.79 Å². The van der Waals surface area contributed by atoms with Crippen LogP contribution >= 0.6 is 11.3 Å². The first-order valence-electron chi connectivity index (χ1n) is 9.46. The van der Waals surface area contributed by atoms with Gasteiger partial charge in [0.25, 0.3) is 0 Å². The van der Waals surface area contributed by atoms with E-state index in [1.165, 1.54) is 11.3 Å². The van der Waals surface area contributed by atoms with Crippen LogP contribution in [-0.2, 0) is 11.2 Å². The number of rotatable bonds is 9. The highest BCUT2D eigenvalue weighted by atomic mass is 32.1. The number of carbonyl (C=O) groups excluding carboxylic acids is 1. The van der Waals surface area contributed by atoms with Gasteiger partial charge in [-0.2, -0.15) is 5.10 Å². The van der Waals surface area contributed by atoms with Crippen LogP contribution in [0.3, 0.4) is 0 Å². The molecule has 0 spiro atoms. The van der Waals surface area contributed by atoms with Gasteiger partial charge in [0, 0.05) is 17.5 Å². The molecule has 0 N–H and O–H groups in total. The third-order valence-corrected chi connectivity index (χ3v) is 5.44. The van der Waals surface area contributed by atoms with Crippen LogP contribution in [0.15, 0.2) is 35.8 Å². The lowest BCUT2D eigenvalue weighted by atomic mass is 10.1. The van der Waals surface area contributed by atoms with Gasteiger partial charge < -0.3 is 9.64 Å². The lowest BCUT2D eigenvalue weighted by Gasteiger charge is -2.18. The van der Waals surface area contributed by atoms with Crippen molar-refractivity contribution in [1.82, 2.24) is 14.8 Å². The molecule has 28 heavy (non-hydrogen) atoms. The van der Waals surface area contributed by atoms with Crippen molar-refractivity contribution in [2.24, 2.45) is 5.92 Å². The van der Waals surface area contributed by atoms with E-state index in [2.05, 4.69) is 25.9 Å². The minimum atomic E-state index is 0.536. The summed E-state index contributed by atoms with van der Waals surface area (Å²) in [5.41, 5.74) is 3.78. The molecular weight excluding hydrogens is 372 g/mol. The molecule has 0 aliphatic carbocycles. The number of hydrogen-bond acceptors (Lipinski definition) is 5. The summed E-state index contributed by atoms with van der Waals surface area (Å²) in [7, 11) is 1.65. The number of thiazole rings is 1. The van der Waals surface area contributed by atoms with Gasteiger partial charge in [-0.1, -0.05) is 20.8 Å². The van der Waals surface area contributed by atoms with Crippen LogP contribution in [0, 0.1) is 5.92 Å². The minimum absolute atomic E-state index is 0.536. The second-order valence-corrected chi connectivity index (χ2v) is 7.80. The van der Waals surface area contributed by atoms with E-state index in [4.69, 9.17) is 9.72 Å². The van der Waals surface area contributed by atoms with E-state index in [0.29, 0.717) is 12.5 Å². The van der Waals surface area contributed by atoms with Gasteiger partial charge in [-0.15, -0.1) is 11.3 Å². The zero-order valence-corrected chi connectivity index (χ0v) is 17.6. The molecule has 0 bridgehead atoms. The average Bonchev–Trinajstić information content (AvgIpc) is 3.35. The number of ether oxygens (including phenoxy) is 1. The fourth-order valence-corrected chi connectivity index (χ4v) is 3.80. The Labute approximate surface area is 169 Å². The fraction of sp³-hybridized carbons (Fsp3) is 0.381. The molecule has 1 amide bonds. The molecule has 2 heterocycles. The largest absolute Gasteiger partial charge is 0.497 e. The maximum atomic E-state index is 11.6. The fourth-order valence-electron chi connectivity index (χ4n) is 2.98. The van der Waals surface area contributed by atoms with E-state index in [1.807, 2.05) is 34.3 Å². The smallest absolute Gasteiger partial charge is 0.214 e. The molecule has 1 aromatic carbocycles. The van der Waals surface area contributed by atoms with Crippen LogP contribution < -0.4 is 9.64 Å². The van der Waals surface area contributed by atoms with E-state index in [0.717, 1.165) is 52.8 Å². The molecule has 2 aromatic heterocycles. The van der Waals surface area contributed by atoms with Crippen molar-refractivity contribution >= 4 is 23.4 Å². The molecule has 0 fully saturated rings. The summed E-state index contributed by atoms with van der Waals surface area (Å²) in [6, 6.07) is 7.84. The predicted octanol–water partition coefficient (Wildman–Crippen LogP) is 4.58.